The molecular weight excluding hydrogens is 321 g/mol. The Balaban J connectivity index is 1.99. The first-order valence-corrected chi connectivity index (χ1v) is 7.29. The fraction of sp³-hybridized carbons (Fsp3) is 0.176. The lowest BCUT2D eigenvalue weighted by Gasteiger charge is -2.09. The standard InChI is InChI=1S/C17H15ClFNO3/c1-23-17(22)12-5-8-14(18)15(10-12)20-16(21)9-4-11-2-6-13(19)7-3-11/h2-3,5-8,10H,4,9H2,1H3,(H,20,21). The van der Waals surface area contributed by atoms with E-state index in [1.807, 2.05) is 0 Å². The second-order valence-corrected chi connectivity index (χ2v) is 5.27. The highest BCUT2D eigenvalue weighted by Gasteiger charge is 2.11. The van der Waals surface area contributed by atoms with Gasteiger partial charge < -0.3 is 10.1 Å². The minimum atomic E-state index is -0.511. The number of ether oxygens (including phenoxy) is 1. The molecule has 2 rings (SSSR count). The number of carbonyl (C=O) groups excluding carboxylic acids is 2. The summed E-state index contributed by atoms with van der Waals surface area (Å²) in [5.74, 6) is -1.08. The maximum atomic E-state index is 12.8. The van der Waals surface area contributed by atoms with Crippen LogP contribution in [-0.2, 0) is 16.0 Å². The van der Waals surface area contributed by atoms with E-state index in [-0.39, 0.29) is 18.1 Å². The van der Waals surface area contributed by atoms with Crippen molar-refractivity contribution in [3.63, 3.8) is 0 Å². The third kappa shape index (κ3) is 4.79. The second kappa shape index (κ2) is 7.74. The van der Waals surface area contributed by atoms with E-state index in [0.29, 0.717) is 22.7 Å². The highest BCUT2D eigenvalue weighted by atomic mass is 35.5. The fourth-order valence-electron chi connectivity index (χ4n) is 1.99. The lowest BCUT2D eigenvalue weighted by molar-refractivity contribution is -0.116. The predicted molar refractivity (Wildman–Crippen MR) is 86.1 cm³/mol. The highest BCUT2D eigenvalue weighted by molar-refractivity contribution is 6.33. The summed E-state index contributed by atoms with van der Waals surface area (Å²) < 4.78 is 17.4. The number of rotatable bonds is 5. The molecule has 0 bridgehead atoms. The monoisotopic (exact) mass is 335 g/mol. The number of hydrogen-bond acceptors (Lipinski definition) is 3. The zero-order valence-corrected chi connectivity index (χ0v) is 13.2. The molecule has 1 N–H and O–H groups in total. The summed E-state index contributed by atoms with van der Waals surface area (Å²) in [5, 5.41) is 2.99. The Kier molecular flexibility index (Phi) is 5.71. The van der Waals surface area contributed by atoms with Crippen molar-refractivity contribution < 1.29 is 18.7 Å². The van der Waals surface area contributed by atoms with E-state index in [9.17, 15) is 14.0 Å². The van der Waals surface area contributed by atoms with E-state index < -0.39 is 5.97 Å². The van der Waals surface area contributed by atoms with Gasteiger partial charge in [-0.2, -0.15) is 0 Å². The van der Waals surface area contributed by atoms with Crippen molar-refractivity contribution in [1.29, 1.82) is 0 Å². The van der Waals surface area contributed by atoms with Gasteiger partial charge in [0.15, 0.2) is 0 Å². The third-order valence-electron chi connectivity index (χ3n) is 3.22. The van der Waals surface area contributed by atoms with Crippen molar-refractivity contribution in [1.82, 2.24) is 0 Å². The van der Waals surface area contributed by atoms with Crippen LogP contribution in [0, 0.1) is 5.82 Å². The van der Waals surface area contributed by atoms with Gasteiger partial charge in [0.1, 0.15) is 5.82 Å². The van der Waals surface area contributed by atoms with E-state index in [1.165, 1.54) is 37.4 Å². The van der Waals surface area contributed by atoms with E-state index in [2.05, 4.69) is 10.1 Å². The van der Waals surface area contributed by atoms with Gasteiger partial charge in [0.25, 0.3) is 0 Å². The molecule has 4 nitrogen and oxygen atoms in total. The molecule has 6 heteroatoms. The quantitative estimate of drug-likeness (QED) is 0.845. The van der Waals surface area contributed by atoms with Crippen molar-refractivity contribution in [2.45, 2.75) is 12.8 Å². The van der Waals surface area contributed by atoms with Crippen LogP contribution in [0.25, 0.3) is 0 Å². The van der Waals surface area contributed by atoms with Crippen LogP contribution in [0.1, 0.15) is 22.3 Å². The SMILES string of the molecule is COC(=O)c1ccc(Cl)c(NC(=O)CCc2ccc(F)cc2)c1. The van der Waals surface area contributed by atoms with Gasteiger partial charge in [-0.25, -0.2) is 9.18 Å². The smallest absolute Gasteiger partial charge is 0.337 e. The summed E-state index contributed by atoms with van der Waals surface area (Å²) in [5.41, 5.74) is 1.50. The Morgan fingerprint density at radius 1 is 1.17 bits per heavy atom. The van der Waals surface area contributed by atoms with Gasteiger partial charge >= 0.3 is 5.97 Å². The van der Waals surface area contributed by atoms with E-state index in [1.54, 1.807) is 12.1 Å². The molecule has 23 heavy (non-hydrogen) atoms. The predicted octanol–water partition coefficient (Wildman–Crippen LogP) is 3.84. The number of benzene rings is 2. The summed E-state index contributed by atoms with van der Waals surface area (Å²) in [7, 11) is 1.28. The van der Waals surface area contributed by atoms with Crippen molar-refractivity contribution in [3.05, 3.63) is 64.4 Å². The van der Waals surface area contributed by atoms with Gasteiger partial charge in [-0.15, -0.1) is 0 Å². The number of halogens is 2. The van der Waals surface area contributed by atoms with E-state index in [0.717, 1.165) is 5.56 Å². The largest absolute Gasteiger partial charge is 0.465 e. The van der Waals surface area contributed by atoms with Crippen molar-refractivity contribution >= 4 is 29.2 Å². The summed E-state index contributed by atoms with van der Waals surface area (Å²) in [6, 6.07) is 10.5. The van der Waals surface area contributed by atoms with Gasteiger partial charge in [-0.05, 0) is 42.3 Å². The fourth-order valence-corrected chi connectivity index (χ4v) is 2.15. The van der Waals surface area contributed by atoms with Crippen LogP contribution in [0.3, 0.4) is 0 Å². The van der Waals surface area contributed by atoms with Gasteiger partial charge in [0.2, 0.25) is 5.91 Å². The summed E-state index contributed by atoms with van der Waals surface area (Å²) in [6.45, 7) is 0. The molecule has 0 fully saturated rings. The average Bonchev–Trinajstić information content (AvgIpc) is 2.55. The lowest BCUT2D eigenvalue weighted by atomic mass is 10.1. The first-order valence-electron chi connectivity index (χ1n) is 6.92. The Morgan fingerprint density at radius 3 is 2.52 bits per heavy atom. The van der Waals surface area contributed by atoms with Crippen LogP contribution in [0.4, 0.5) is 10.1 Å². The Morgan fingerprint density at radius 2 is 1.87 bits per heavy atom. The van der Waals surface area contributed by atoms with Crippen molar-refractivity contribution in [3.8, 4) is 0 Å². The number of nitrogens with one attached hydrogen (secondary N) is 1. The van der Waals surface area contributed by atoms with E-state index >= 15 is 0 Å². The van der Waals surface area contributed by atoms with Gasteiger partial charge in [-0.3, -0.25) is 4.79 Å². The van der Waals surface area contributed by atoms with Crippen LogP contribution in [0.5, 0.6) is 0 Å². The Bertz CT molecular complexity index is 716. The molecule has 2 aromatic rings. The number of anilines is 1. The highest BCUT2D eigenvalue weighted by Crippen LogP contribution is 2.23. The molecule has 0 radical (unpaired) electrons. The number of methoxy groups -OCH3 is 1. The molecule has 0 aliphatic heterocycles. The van der Waals surface area contributed by atoms with Crippen molar-refractivity contribution in [2.75, 3.05) is 12.4 Å². The molecule has 2 aromatic carbocycles. The molecule has 0 aromatic heterocycles. The third-order valence-corrected chi connectivity index (χ3v) is 3.55. The molecule has 1 amide bonds. The first-order chi connectivity index (χ1) is 11.0. The number of hydrogen-bond donors (Lipinski definition) is 1. The minimum Gasteiger partial charge on any atom is -0.465 e. The Labute approximate surface area is 138 Å². The van der Waals surface area contributed by atoms with Crippen molar-refractivity contribution in [2.24, 2.45) is 0 Å². The van der Waals surface area contributed by atoms with E-state index in [4.69, 9.17) is 11.6 Å². The second-order valence-electron chi connectivity index (χ2n) is 4.86. The number of esters is 1. The molecule has 0 saturated carbocycles. The van der Waals surface area contributed by atoms with Crippen LogP contribution < -0.4 is 5.32 Å². The van der Waals surface area contributed by atoms with Gasteiger partial charge in [-0.1, -0.05) is 23.7 Å². The zero-order chi connectivity index (χ0) is 16.8. The van der Waals surface area contributed by atoms with Crippen LogP contribution >= 0.6 is 11.6 Å². The van der Waals surface area contributed by atoms with Gasteiger partial charge in [0, 0.05) is 6.42 Å². The average molecular weight is 336 g/mol. The molecule has 0 aliphatic rings. The molecule has 0 unspecified atom stereocenters. The number of carbonyl (C=O) groups is 2. The molecule has 0 atom stereocenters. The molecule has 120 valence electrons. The lowest BCUT2D eigenvalue weighted by Crippen LogP contribution is -2.13. The normalized spacial score (nSPS) is 10.2. The van der Waals surface area contributed by atoms with Gasteiger partial charge in [0.05, 0.1) is 23.4 Å². The molecule has 0 aliphatic carbocycles. The van der Waals surface area contributed by atoms with Crippen LogP contribution in [0.2, 0.25) is 5.02 Å². The molecule has 0 heterocycles. The molecule has 0 spiro atoms. The minimum absolute atomic E-state index is 0.213. The van der Waals surface area contributed by atoms with Crippen LogP contribution in [-0.4, -0.2) is 19.0 Å². The maximum Gasteiger partial charge on any atom is 0.337 e. The summed E-state index contributed by atoms with van der Waals surface area (Å²) in [4.78, 5) is 23.5. The Hall–Kier alpha value is -2.40. The number of aryl methyl sites for hydroxylation is 1. The maximum absolute atomic E-state index is 12.8. The molecular formula is C17H15ClFNO3. The van der Waals surface area contributed by atoms with Crippen LogP contribution in [0.15, 0.2) is 42.5 Å². The first kappa shape index (κ1) is 17.0. The summed E-state index contributed by atoms with van der Waals surface area (Å²) in [6.07, 6.45) is 0.685. The zero-order valence-electron chi connectivity index (χ0n) is 12.4. The topological polar surface area (TPSA) is 55.4 Å². The number of amides is 1. The summed E-state index contributed by atoms with van der Waals surface area (Å²) >= 11 is 6.01. The molecule has 0 saturated heterocycles.